The van der Waals surface area contributed by atoms with Crippen molar-refractivity contribution < 1.29 is 9.59 Å². The monoisotopic (exact) mass is 410 g/mol. The second-order valence-corrected chi connectivity index (χ2v) is 7.32. The number of nitrogens with zero attached hydrogens (tertiary/aromatic N) is 1. The molecule has 0 radical (unpaired) electrons. The third-order valence-corrected chi connectivity index (χ3v) is 4.83. The number of nitrogens with one attached hydrogen (secondary N) is 3. The highest BCUT2D eigenvalue weighted by Crippen LogP contribution is 2.23. The lowest BCUT2D eigenvalue weighted by molar-refractivity contribution is 0.102. The average Bonchev–Trinajstić information content (AvgIpc) is 3.20. The van der Waals surface area contributed by atoms with Crippen molar-refractivity contribution >= 4 is 23.3 Å². The van der Waals surface area contributed by atoms with E-state index in [1.54, 1.807) is 24.3 Å². The zero-order chi connectivity index (χ0) is 21.8. The number of imidazole rings is 1. The fraction of sp³-hybridized carbons (Fsp3) is 0.0800. The first-order valence-corrected chi connectivity index (χ1v) is 9.91. The Labute approximate surface area is 180 Å². The molecule has 0 spiro atoms. The van der Waals surface area contributed by atoms with Crippen LogP contribution in [0.2, 0.25) is 0 Å². The summed E-state index contributed by atoms with van der Waals surface area (Å²) in [4.78, 5) is 33.3. The Bertz CT molecular complexity index is 1210. The number of aryl methyl sites for hydroxylation is 2. The first kappa shape index (κ1) is 20.1. The van der Waals surface area contributed by atoms with Crippen LogP contribution >= 0.6 is 0 Å². The second kappa shape index (κ2) is 8.67. The third kappa shape index (κ3) is 4.70. The van der Waals surface area contributed by atoms with Crippen molar-refractivity contribution in [2.24, 2.45) is 0 Å². The van der Waals surface area contributed by atoms with Gasteiger partial charge in [0.25, 0.3) is 11.8 Å². The highest BCUT2D eigenvalue weighted by atomic mass is 16.2. The van der Waals surface area contributed by atoms with E-state index >= 15 is 0 Å². The normalized spacial score (nSPS) is 10.5. The van der Waals surface area contributed by atoms with Crippen molar-refractivity contribution in [1.82, 2.24) is 9.97 Å². The summed E-state index contributed by atoms with van der Waals surface area (Å²) >= 11 is 0. The second-order valence-electron chi connectivity index (χ2n) is 7.32. The minimum Gasteiger partial charge on any atom is -0.332 e. The average molecular weight is 410 g/mol. The van der Waals surface area contributed by atoms with E-state index in [0.717, 1.165) is 16.7 Å². The van der Waals surface area contributed by atoms with Gasteiger partial charge in [0.15, 0.2) is 5.82 Å². The van der Waals surface area contributed by atoms with Crippen LogP contribution in [-0.4, -0.2) is 21.8 Å². The molecule has 0 aliphatic heterocycles. The molecule has 154 valence electrons. The maximum atomic E-state index is 13.0. The summed E-state index contributed by atoms with van der Waals surface area (Å²) in [6.07, 6.45) is 0. The van der Waals surface area contributed by atoms with Gasteiger partial charge < -0.3 is 15.6 Å². The number of carbonyl (C=O) groups is 2. The predicted molar refractivity (Wildman–Crippen MR) is 122 cm³/mol. The minimum atomic E-state index is -0.391. The Kier molecular flexibility index (Phi) is 5.62. The number of carbonyl (C=O) groups excluding carboxylic acids is 2. The largest absolute Gasteiger partial charge is 0.332 e. The van der Waals surface area contributed by atoms with Crippen molar-refractivity contribution in [3.8, 4) is 11.4 Å². The maximum absolute atomic E-state index is 13.0. The van der Waals surface area contributed by atoms with Crippen LogP contribution in [0.25, 0.3) is 11.4 Å². The number of rotatable bonds is 5. The van der Waals surface area contributed by atoms with Crippen molar-refractivity contribution in [1.29, 1.82) is 0 Å². The molecule has 4 aromatic rings. The van der Waals surface area contributed by atoms with Crippen molar-refractivity contribution in [2.45, 2.75) is 13.8 Å². The molecule has 0 bridgehead atoms. The molecule has 1 aromatic heterocycles. The van der Waals surface area contributed by atoms with E-state index in [1.165, 1.54) is 0 Å². The molecule has 0 saturated heterocycles. The standard InChI is InChI=1S/C25H22N4O2/c1-16-8-12-18(13-9-16)22-27-21(25(31)26-20-14-10-17(2)11-15-20)23(28-22)29-24(30)19-6-4-3-5-7-19/h3-15H,1-2H3,(H,26,31)(H,27,28)(H,29,30). The van der Waals surface area contributed by atoms with E-state index in [-0.39, 0.29) is 17.4 Å². The van der Waals surface area contributed by atoms with E-state index in [0.29, 0.717) is 17.1 Å². The van der Waals surface area contributed by atoms with E-state index < -0.39 is 5.91 Å². The number of aromatic nitrogens is 2. The lowest BCUT2D eigenvalue weighted by Crippen LogP contribution is -2.18. The fourth-order valence-electron chi connectivity index (χ4n) is 3.08. The van der Waals surface area contributed by atoms with Crippen molar-refractivity contribution in [2.75, 3.05) is 10.6 Å². The summed E-state index contributed by atoms with van der Waals surface area (Å²) in [5, 5.41) is 5.61. The van der Waals surface area contributed by atoms with Gasteiger partial charge in [-0.1, -0.05) is 65.7 Å². The molecular formula is C25H22N4O2. The first-order valence-electron chi connectivity index (χ1n) is 9.91. The SMILES string of the molecule is Cc1ccc(NC(=O)c2[nH]c(-c3ccc(C)cc3)nc2NC(=O)c2ccccc2)cc1. The number of hydrogen-bond donors (Lipinski definition) is 3. The van der Waals surface area contributed by atoms with Crippen molar-refractivity contribution in [3.05, 3.63) is 101 Å². The lowest BCUT2D eigenvalue weighted by atomic mass is 10.1. The Hall–Kier alpha value is -4.19. The molecular weight excluding hydrogens is 388 g/mol. The van der Waals surface area contributed by atoms with Crippen LogP contribution in [0.5, 0.6) is 0 Å². The molecule has 31 heavy (non-hydrogen) atoms. The molecule has 0 aliphatic carbocycles. The number of anilines is 2. The topological polar surface area (TPSA) is 86.9 Å². The summed E-state index contributed by atoms with van der Waals surface area (Å²) < 4.78 is 0. The molecule has 0 unspecified atom stereocenters. The maximum Gasteiger partial charge on any atom is 0.276 e. The quantitative estimate of drug-likeness (QED) is 0.423. The highest BCUT2D eigenvalue weighted by molar-refractivity contribution is 6.11. The zero-order valence-electron chi connectivity index (χ0n) is 17.3. The summed E-state index contributed by atoms with van der Waals surface area (Å²) in [5.74, 6) is -0.0588. The first-order chi connectivity index (χ1) is 15.0. The zero-order valence-corrected chi connectivity index (χ0v) is 17.3. The summed E-state index contributed by atoms with van der Waals surface area (Å²) in [5.41, 5.74) is 4.34. The van der Waals surface area contributed by atoms with Crippen molar-refractivity contribution in [3.63, 3.8) is 0 Å². The molecule has 6 heteroatoms. The van der Waals surface area contributed by atoms with Gasteiger partial charge in [-0.2, -0.15) is 0 Å². The number of hydrogen-bond acceptors (Lipinski definition) is 3. The number of H-pyrrole nitrogens is 1. The molecule has 0 fully saturated rings. The minimum absolute atomic E-state index is 0.175. The fourth-order valence-corrected chi connectivity index (χ4v) is 3.08. The van der Waals surface area contributed by atoms with Gasteiger partial charge in [-0.25, -0.2) is 4.98 Å². The van der Waals surface area contributed by atoms with Crippen LogP contribution in [-0.2, 0) is 0 Å². The van der Waals surface area contributed by atoms with Crippen LogP contribution in [0, 0.1) is 13.8 Å². The molecule has 1 heterocycles. The molecule has 3 aromatic carbocycles. The smallest absolute Gasteiger partial charge is 0.276 e. The molecule has 4 rings (SSSR count). The van der Waals surface area contributed by atoms with E-state index in [2.05, 4.69) is 20.6 Å². The molecule has 0 aliphatic rings. The van der Waals surface area contributed by atoms with E-state index in [9.17, 15) is 9.59 Å². The van der Waals surface area contributed by atoms with Crippen LogP contribution in [0.15, 0.2) is 78.9 Å². The van der Waals surface area contributed by atoms with Gasteiger partial charge in [0.05, 0.1) is 0 Å². The van der Waals surface area contributed by atoms with Gasteiger partial charge in [0.2, 0.25) is 0 Å². The Morgan fingerprint density at radius 3 is 2.00 bits per heavy atom. The summed E-state index contributed by atoms with van der Waals surface area (Å²) in [6, 6.07) is 24.0. The molecule has 2 amide bonds. The number of benzene rings is 3. The van der Waals surface area contributed by atoms with Gasteiger partial charge in [0, 0.05) is 16.8 Å². The molecule has 0 saturated carbocycles. The summed E-state index contributed by atoms with van der Waals surface area (Å²) in [6.45, 7) is 3.98. The van der Waals surface area contributed by atoms with Gasteiger partial charge in [-0.05, 0) is 38.1 Å². The van der Waals surface area contributed by atoms with Gasteiger partial charge >= 0.3 is 0 Å². The third-order valence-electron chi connectivity index (χ3n) is 4.83. The van der Waals surface area contributed by atoms with Gasteiger partial charge in [0.1, 0.15) is 11.5 Å². The predicted octanol–water partition coefficient (Wildman–Crippen LogP) is 5.20. The molecule has 6 nitrogen and oxygen atoms in total. The Morgan fingerprint density at radius 2 is 1.35 bits per heavy atom. The van der Waals surface area contributed by atoms with Crippen LogP contribution < -0.4 is 10.6 Å². The van der Waals surface area contributed by atoms with Gasteiger partial charge in [-0.15, -0.1) is 0 Å². The highest BCUT2D eigenvalue weighted by Gasteiger charge is 2.21. The Morgan fingerprint density at radius 1 is 0.742 bits per heavy atom. The van der Waals surface area contributed by atoms with Crippen LogP contribution in [0.4, 0.5) is 11.5 Å². The molecule has 3 N–H and O–H groups in total. The van der Waals surface area contributed by atoms with Crippen LogP contribution in [0.1, 0.15) is 32.0 Å². The van der Waals surface area contributed by atoms with E-state index in [1.807, 2.05) is 68.4 Å². The summed E-state index contributed by atoms with van der Waals surface area (Å²) in [7, 11) is 0. The number of aromatic amines is 1. The Balaban J connectivity index is 1.67. The van der Waals surface area contributed by atoms with Gasteiger partial charge in [-0.3, -0.25) is 9.59 Å². The number of amides is 2. The lowest BCUT2D eigenvalue weighted by Gasteiger charge is -2.07. The molecule has 0 atom stereocenters. The van der Waals surface area contributed by atoms with Crippen LogP contribution in [0.3, 0.4) is 0 Å². The van der Waals surface area contributed by atoms with E-state index in [4.69, 9.17) is 0 Å².